The van der Waals surface area contributed by atoms with Gasteiger partial charge in [0.1, 0.15) is 0 Å². The van der Waals surface area contributed by atoms with E-state index in [0.29, 0.717) is 11.6 Å². The van der Waals surface area contributed by atoms with Crippen LogP contribution in [0.4, 0.5) is 18.9 Å². The molecule has 162 valence electrons. The molecule has 0 radical (unpaired) electrons. The summed E-state index contributed by atoms with van der Waals surface area (Å²) in [4.78, 5) is 38.2. The molecule has 1 N–H and O–H groups in total. The number of amides is 1. The minimum atomic E-state index is -4.73. The molecule has 1 aromatic carbocycles. The fraction of sp³-hybridized carbons (Fsp3) is 0.350. The van der Waals surface area contributed by atoms with Gasteiger partial charge in [-0.2, -0.15) is 13.2 Å². The molecular weight excluding hydrogens is 443 g/mol. The number of nitrogens with one attached hydrogen (secondary N) is 1. The number of alkyl halides is 3. The quantitative estimate of drug-likeness (QED) is 0.432. The predicted molar refractivity (Wildman–Crippen MR) is 108 cm³/mol. The molecule has 0 aliphatic heterocycles. The highest BCUT2D eigenvalue weighted by Gasteiger charge is 2.34. The van der Waals surface area contributed by atoms with E-state index >= 15 is 0 Å². The number of rotatable bonds is 7. The van der Waals surface area contributed by atoms with Gasteiger partial charge in [0.2, 0.25) is 0 Å². The number of ether oxygens (including phenoxy) is 1. The lowest BCUT2D eigenvalue weighted by atomic mass is 10.1. The average Bonchev–Trinajstić information content (AvgIpc) is 2.98. The summed E-state index contributed by atoms with van der Waals surface area (Å²) in [6, 6.07) is 4.64. The Labute approximate surface area is 180 Å². The van der Waals surface area contributed by atoms with Gasteiger partial charge in [-0.25, -0.2) is 0 Å². The first-order valence-electron chi connectivity index (χ1n) is 8.85. The van der Waals surface area contributed by atoms with Crippen LogP contribution in [0.1, 0.15) is 45.4 Å². The molecule has 0 spiro atoms. The van der Waals surface area contributed by atoms with Crippen LogP contribution in [0.15, 0.2) is 24.3 Å². The van der Waals surface area contributed by atoms with Crippen LogP contribution >= 0.6 is 22.9 Å². The monoisotopic (exact) mass is 461 g/mol. The molecule has 1 amide bonds. The van der Waals surface area contributed by atoms with Crippen LogP contribution in [0.25, 0.3) is 0 Å². The van der Waals surface area contributed by atoms with Gasteiger partial charge in [0.15, 0.2) is 11.9 Å². The summed E-state index contributed by atoms with van der Waals surface area (Å²) in [5, 5.41) is 1.95. The molecule has 0 saturated carbocycles. The standard InChI is InChI=1S/C20H19ClF3NO4S/c1-10-8-14(12(3)30-10)17(26)6-7-18(27)29-11(2)19(28)25-16-5-4-13(21)9-15(16)20(22,23)24/h4-5,8-9,11H,6-7H2,1-3H3,(H,25,28). The van der Waals surface area contributed by atoms with E-state index in [1.165, 1.54) is 24.3 Å². The summed E-state index contributed by atoms with van der Waals surface area (Å²) in [6.45, 7) is 4.90. The number of halogens is 4. The minimum Gasteiger partial charge on any atom is -0.453 e. The number of esters is 1. The summed E-state index contributed by atoms with van der Waals surface area (Å²) in [6.07, 6.45) is -6.43. The molecule has 2 aromatic rings. The summed E-state index contributed by atoms with van der Waals surface area (Å²) in [7, 11) is 0. The van der Waals surface area contributed by atoms with Gasteiger partial charge in [0.25, 0.3) is 5.91 Å². The van der Waals surface area contributed by atoms with Crippen LogP contribution in [-0.4, -0.2) is 23.8 Å². The number of hydrogen-bond acceptors (Lipinski definition) is 5. The van der Waals surface area contributed by atoms with Crippen molar-refractivity contribution in [2.24, 2.45) is 0 Å². The maximum atomic E-state index is 13.1. The largest absolute Gasteiger partial charge is 0.453 e. The normalized spacial score (nSPS) is 12.4. The van der Waals surface area contributed by atoms with Gasteiger partial charge >= 0.3 is 12.1 Å². The molecule has 1 unspecified atom stereocenters. The van der Waals surface area contributed by atoms with Crippen molar-refractivity contribution in [3.63, 3.8) is 0 Å². The second-order valence-electron chi connectivity index (χ2n) is 6.56. The molecule has 1 heterocycles. The van der Waals surface area contributed by atoms with Gasteiger partial charge in [0.05, 0.1) is 17.7 Å². The summed E-state index contributed by atoms with van der Waals surface area (Å²) in [5.74, 6) is -1.96. The van der Waals surface area contributed by atoms with E-state index in [4.69, 9.17) is 16.3 Å². The Bertz CT molecular complexity index is 971. The molecule has 1 atom stereocenters. The lowest BCUT2D eigenvalue weighted by Crippen LogP contribution is -2.30. The van der Waals surface area contributed by atoms with Crippen molar-refractivity contribution < 1.29 is 32.3 Å². The number of carbonyl (C=O) groups excluding carboxylic acids is 3. The third kappa shape index (κ3) is 6.30. The van der Waals surface area contributed by atoms with Crippen LogP contribution in [-0.2, 0) is 20.5 Å². The van der Waals surface area contributed by atoms with Crippen LogP contribution in [0.3, 0.4) is 0 Å². The van der Waals surface area contributed by atoms with E-state index in [1.807, 2.05) is 13.8 Å². The maximum absolute atomic E-state index is 13.1. The molecule has 5 nitrogen and oxygen atoms in total. The predicted octanol–water partition coefficient (Wildman–Crippen LogP) is 5.57. The van der Waals surface area contributed by atoms with Gasteiger partial charge in [-0.1, -0.05) is 11.6 Å². The Morgan fingerprint density at radius 3 is 2.40 bits per heavy atom. The fourth-order valence-electron chi connectivity index (χ4n) is 2.66. The molecule has 0 bridgehead atoms. The van der Waals surface area contributed by atoms with Crippen molar-refractivity contribution >= 4 is 46.3 Å². The first-order valence-corrected chi connectivity index (χ1v) is 10.0. The van der Waals surface area contributed by atoms with Crippen LogP contribution < -0.4 is 5.32 Å². The number of Topliss-reactive ketones (excluding diaryl/α,β-unsaturated/α-hetero) is 1. The Balaban J connectivity index is 1.94. The van der Waals surface area contributed by atoms with Crippen molar-refractivity contribution in [1.29, 1.82) is 0 Å². The van der Waals surface area contributed by atoms with E-state index in [0.717, 1.165) is 15.8 Å². The fourth-order valence-corrected chi connectivity index (χ4v) is 3.78. The smallest absolute Gasteiger partial charge is 0.418 e. The van der Waals surface area contributed by atoms with E-state index < -0.39 is 35.4 Å². The number of benzene rings is 1. The zero-order chi connectivity index (χ0) is 22.6. The third-order valence-electron chi connectivity index (χ3n) is 4.12. The highest BCUT2D eigenvalue weighted by atomic mass is 35.5. The van der Waals surface area contributed by atoms with E-state index in [2.05, 4.69) is 5.32 Å². The number of ketones is 1. The van der Waals surface area contributed by atoms with Gasteiger partial charge < -0.3 is 10.1 Å². The van der Waals surface area contributed by atoms with Crippen LogP contribution in [0.5, 0.6) is 0 Å². The zero-order valence-electron chi connectivity index (χ0n) is 16.4. The number of carbonyl (C=O) groups is 3. The van der Waals surface area contributed by atoms with Crippen molar-refractivity contribution in [2.75, 3.05) is 5.32 Å². The maximum Gasteiger partial charge on any atom is 0.418 e. The minimum absolute atomic E-state index is 0.0976. The third-order valence-corrected chi connectivity index (χ3v) is 5.32. The molecule has 10 heteroatoms. The van der Waals surface area contributed by atoms with Crippen molar-refractivity contribution in [2.45, 2.75) is 45.9 Å². The number of thiophene rings is 1. The molecule has 2 rings (SSSR count). The second kappa shape index (κ2) is 9.61. The van der Waals surface area contributed by atoms with E-state index in [1.54, 1.807) is 6.07 Å². The number of anilines is 1. The molecule has 30 heavy (non-hydrogen) atoms. The Kier molecular flexibility index (Phi) is 7.65. The zero-order valence-corrected chi connectivity index (χ0v) is 17.9. The SMILES string of the molecule is Cc1cc(C(=O)CCC(=O)OC(C)C(=O)Nc2ccc(Cl)cc2C(F)(F)F)c(C)s1. The Morgan fingerprint density at radius 2 is 1.83 bits per heavy atom. The lowest BCUT2D eigenvalue weighted by Gasteiger charge is -2.17. The van der Waals surface area contributed by atoms with Crippen molar-refractivity contribution in [1.82, 2.24) is 0 Å². The average molecular weight is 462 g/mol. The van der Waals surface area contributed by atoms with Gasteiger partial charge in [-0.15, -0.1) is 11.3 Å². The Hall–Kier alpha value is -2.39. The summed E-state index contributed by atoms with van der Waals surface area (Å²) < 4.78 is 44.3. The van der Waals surface area contributed by atoms with Gasteiger partial charge in [-0.3, -0.25) is 14.4 Å². The second-order valence-corrected chi connectivity index (χ2v) is 8.46. The lowest BCUT2D eigenvalue weighted by molar-refractivity contribution is -0.153. The van der Waals surface area contributed by atoms with Crippen molar-refractivity contribution in [3.8, 4) is 0 Å². The molecule has 0 fully saturated rings. The van der Waals surface area contributed by atoms with Gasteiger partial charge in [-0.05, 0) is 45.0 Å². The number of hydrogen-bond donors (Lipinski definition) is 1. The van der Waals surface area contributed by atoms with Crippen LogP contribution in [0.2, 0.25) is 5.02 Å². The van der Waals surface area contributed by atoms with Gasteiger partial charge in [0, 0.05) is 26.8 Å². The van der Waals surface area contributed by atoms with Crippen molar-refractivity contribution in [3.05, 3.63) is 50.2 Å². The van der Waals surface area contributed by atoms with E-state index in [-0.39, 0.29) is 23.6 Å². The molecule has 0 saturated heterocycles. The summed E-state index contributed by atoms with van der Waals surface area (Å²) in [5.41, 5.74) is -1.08. The first-order chi connectivity index (χ1) is 13.9. The topological polar surface area (TPSA) is 72.5 Å². The molecule has 0 aliphatic rings. The highest BCUT2D eigenvalue weighted by Crippen LogP contribution is 2.36. The highest BCUT2D eigenvalue weighted by molar-refractivity contribution is 7.12. The summed E-state index contributed by atoms with van der Waals surface area (Å²) >= 11 is 7.07. The Morgan fingerprint density at radius 1 is 1.17 bits per heavy atom. The van der Waals surface area contributed by atoms with E-state index in [9.17, 15) is 27.6 Å². The molecule has 0 aliphatic carbocycles. The number of aryl methyl sites for hydroxylation is 2. The molecular formula is C20H19ClF3NO4S. The molecule has 1 aromatic heterocycles. The van der Waals surface area contributed by atoms with Crippen LogP contribution in [0, 0.1) is 13.8 Å². The first kappa shape index (κ1) is 23.9.